The van der Waals surface area contributed by atoms with Crippen LogP contribution in [0.3, 0.4) is 0 Å². The summed E-state index contributed by atoms with van der Waals surface area (Å²) in [4.78, 5) is 10.6. The van der Waals surface area contributed by atoms with Crippen LogP contribution < -0.4 is 5.32 Å². The minimum atomic E-state index is -0.0627. The maximum absolute atomic E-state index is 10.6. The molecule has 1 amide bonds. The highest BCUT2D eigenvalue weighted by Gasteiger charge is 2.02. The van der Waals surface area contributed by atoms with Crippen molar-refractivity contribution in [1.29, 1.82) is 0 Å². The van der Waals surface area contributed by atoms with Crippen LogP contribution >= 0.6 is 11.6 Å². The Morgan fingerprint density at radius 1 is 1.83 bits per heavy atom. The molecule has 0 unspecified atom stereocenters. The van der Waals surface area contributed by atoms with E-state index in [0.29, 0.717) is 11.7 Å². The molecule has 1 N–H and O–H groups in total. The minimum absolute atomic E-state index is 0.0627. The Hall–Kier alpha value is -1.03. The Labute approximate surface area is 75.5 Å². The van der Waals surface area contributed by atoms with Crippen LogP contribution in [0.5, 0.6) is 0 Å². The normalized spacial score (nSPS) is 9.92. The van der Waals surface area contributed by atoms with Gasteiger partial charge in [0.25, 0.3) is 0 Å². The van der Waals surface area contributed by atoms with Crippen LogP contribution in [0, 0.1) is 0 Å². The van der Waals surface area contributed by atoms with E-state index in [1.165, 1.54) is 6.92 Å². The van der Waals surface area contributed by atoms with Gasteiger partial charge in [0.2, 0.25) is 5.91 Å². The topological polar surface area (TPSA) is 46.9 Å². The molecule has 0 aromatic carbocycles. The first-order chi connectivity index (χ1) is 5.59. The number of nitrogens with zero attached hydrogens (tertiary/aromatic N) is 2. The van der Waals surface area contributed by atoms with Gasteiger partial charge in [-0.1, -0.05) is 11.6 Å². The summed E-state index contributed by atoms with van der Waals surface area (Å²) in [5, 5.41) is 7.02. The lowest BCUT2D eigenvalue weighted by molar-refractivity contribution is -0.119. The molecular formula is C7H10ClN3O. The molecule has 0 spiro atoms. The summed E-state index contributed by atoms with van der Waals surface area (Å²) in [5.41, 5.74) is 0.884. The molecule has 4 nitrogen and oxygen atoms in total. The summed E-state index contributed by atoms with van der Waals surface area (Å²) in [7, 11) is 1.78. The number of nitrogens with one attached hydrogen (secondary N) is 1. The van der Waals surface area contributed by atoms with Crippen molar-refractivity contribution in [3.05, 3.63) is 16.9 Å². The maximum atomic E-state index is 10.6. The van der Waals surface area contributed by atoms with Gasteiger partial charge in [-0.25, -0.2) is 0 Å². The van der Waals surface area contributed by atoms with Crippen molar-refractivity contribution < 1.29 is 4.79 Å². The average Bonchev–Trinajstić information content (AvgIpc) is 2.26. The van der Waals surface area contributed by atoms with Crippen molar-refractivity contribution in [3.8, 4) is 0 Å². The lowest BCUT2D eigenvalue weighted by Crippen LogP contribution is -2.20. The Balaban J connectivity index is 2.62. The molecule has 0 fully saturated rings. The van der Waals surface area contributed by atoms with Crippen LogP contribution in [0.1, 0.15) is 12.6 Å². The Morgan fingerprint density at radius 3 is 2.92 bits per heavy atom. The summed E-state index contributed by atoms with van der Waals surface area (Å²) in [5.74, 6) is -0.0627. The van der Waals surface area contributed by atoms with Gasteiger partial charge in [0.1, 0.15) is 0 Å². The highest BCUT2D eigenvalue weighted by atomic mass is 35.5. The Morgan fingerprint density at radius 2 is 2.50 bits per heavy atom. The van der Waals surface area contributed by atoms with Gasteiger partial charge >= 0.3 is 0 Å². The molecule has 0 saturated carbocycles. The van der Waals surface area contributed by atoms with E-state index in [4.69, 9.17) is 11.6 Å². The smallest absolute Gasteiger partial charge is 0.217 e. The van der Waals surface area contributed by atoms with Gasteiger partial charge in [0.05, 0.1) is 12.2 Å². The molecule has 1 heterocycles. The fraction of sp³-hybridized carbons (Fsp3) is 0.429. The van der Waals surface area contributed by atoms with E-state index in [0.717, 1.165) is 5.69 Å². The zero-order valence-corrected chi connectivity index (χ0v) is 7.72. The standard InChI is InChI=1S/C7H10ClN3O/c1-5(12)9-4-6-3-7(8)10-11(6)2/h3H,4H2,1-2H3,(H,9,12). The predicted molar refractivity (Wildman–Crippen MR) is 45.7 cm³/mol. The van der Waals surface area contributed by atoms with Crippen LogP contribution in [0.4, 0.5) is 0 Å². The Kier molecular flexibility index (Phi) is 2.70. The fourth-order valence-corrected chi connectivity index (χ4v) is 1.09. The van der Waals surface area contributed by atoms with E-state index in [2.05, 4.69) is 10.4 Å². The fourth-order valence-electron chi connectivity index (χ4n) is 0.848. The zero-order valence-electron chi connectivity index (χ0n) is 6.97. The number of aromatic nitrogens is 2. The minimum Gasteiger partial charge on any atom is -0.351 e. The second-order valence-electron chi connectivity index (χ2n) is 2.49. The van der Waals surface area contributed by atoms with Crippen molar-refractivity contribution in [2.75, 3.05) is 0 Å². The molecule has 1 rings (SSSR count). The van der Waals surface area contributed by atoms with E-state index < -0.39 is 0 Å². The molecule has 0 saturated heterocycles. The number of rotatable bonds is 2. The number of aryl methyl sites for hydroxylation is 1. The van der Waals surface area contributed by atoms with Gasteiger partial charge in [-0.3, -0.25) is 9.48 Å². The van der Waals surface area contributed by atoms with E-state index in [1.54, 1.807) is 17.8 Å². The van der Waals surface area contributed by atoms with Gasteiger partial charge < -0.3 is 5.32 Å². The third kappa shape index (κ3) is 2.23. The van der Waals surface area contributed by atoms with Gasteiger partial charge in [0.15, 0.2) is 5.15 Å². The molecule has 1 aromatic rings. The third-order valence-corrected chi connectivity index (χ3v) is 1.65. The van der Waals surface area contributed by atoms with Crippen molar-refractivity contribution in [2.45, 2.75) is 13.5 Å². The Bertz CT molecular complexity index is 295. The van der Waals surface area contributed by atoms with Crippen molar-refractivity contribution >= 4 is 17.5 Å². The van der Waals surface area contributed by atoms with E-state index >= 15 is 0 Å². The van der Waals surface area contributed by atoms with E-state index in [9.17, 15) is 4.79 Å². The highest BCUT2D eigenvalue weighted by Crippen LogP contribution is 2.07. The molecule has 0 aliphatic heterocycles. The molecular weight excluding hydrogens is 178 g/mol. The van der Waals surface area contributed by atoms with Crippen LogP contribution in [0.2, 0.25) is 5.15 Å². The first-order valence-corrected chi connectivity index (χ1v) is 3.90. The maximum Gasteiger partial charge on any atom is 0.217 e. The summed E-state index contributed by atoms with van der Waals surface area (Å²) < 4.78 is 1.64. The molecule has 12 heavy (non-hydrogen) atoms. The molecule has 0 aliphatic carbocycles. The number of carbonyl (C=O) groups excluding carboxylic acids is 1. The monoisotopic (exact) mass is 187 g/mol. The van der Waals surface area contributed by atoms with Gasteiger partial charge in [-0.05, 0) is 0 Å². The number of hydrogen-bond donors (Lipinski definition) is 1. The van der Waals surface area contributed by atoms with E-state index in [-0.39, 0.29) is 5.91 Å². The average molecular weight is 188 g/mol. The lowest BCUT2D eigenvalue weighted by atomic mass is 10.4. The molecule has 5 heteroatoms. The van der Waals surface area contributed by atoms with E-state index in [1.807, 2.05) is 0 Å². The van der Waals surface area contributed by atoms with Gasteiger partial charge in [-0.2, -0.15) is 5.10 Å². The van der Waals surface area contributed by atoms with Gasteiger partial charge in [-0.15, -0.1) is 0 Å². The molecule has 0 atom stereocenters. The molecule has 0 aliphatic rings. The quantitative estimate of drug-likeness (QED) is 0.742. The predicted octanol–water partition coefficient (Wildman–Crippen LogP) is 0.710. The third-order valence-electron chi connectivity index (χ3n) is 1.47. The first-order valence-electron chi connectivity index (χ1n) is 3.52. The van der Waals surface area contributed by atoms with Crippen LogP contribution in [0.25, 0.3) is 0 Å². The second-order valence-corrected chi connectivity index (χ2v) is 2.88. The zero-order chi connectivity index (χ0) is 9.14. The van der Waals surface area contributed by atoms with Crippen molar-refractivity contribution in [1.82, 2.24) is 15.1 Å². The SMILES string of the molecule is CC(=O)NCc1cc(Cl)nn1C. The number of halogens is 1. The molecule has 0 radical (unpaired) electrons. The van der Waals surface area contributed by atoms with Crippen LogP contribution in [-0.2, 0) is 18.4 Å². The number of amides is 1. The van der Waals surface area contributed by atoms with Crippen LogP contribution in [-0.4, -0.2) is 15.7 Å². The van der Waals surface area contributed by atoms with Crippen LogP contribution in [0.15, 0.2) is 6.07 Å². The largest absolute Gasteiger partial charge is 0.351 e. The summed E-state index contributed by atoms with van der Waals surface area (Å²) >= 11 is 5.64. The number of hydrogen-bond acceptors (Lipinski definition) is 2. The van der Waals surface area contributed by atoms with Gasteiger partial charge in [0, 0.05) is 20.0 Å². The highest BCUT2D eigenvalue weighted by molar-refractivity contribution is 6.29. The summed E-state index contributed by atoms with van der Waals surface area (Å²) in [6, 6.07) is 1.72. The summed E-state index contributed by atoms with van der Waals surface area (Å²) in [6.45, 7) is 1.93. The lowest BCUT2D eigenvalue weighted by Gasteiger charge is -2.00. The van der Waals surface area contributed by atoms with Crippen molar-refractivity contribution in [3.63, 3.8) is 0 Å². The molecule has 1 aromatic heterocycles. The molecule has 0 bridgehead atoms. The first kappa shape index (κ1) is 9.06. The molecule has 66 valence electrons. The van der Waals surface area contributed by atoms with Crippen molar-refractivity contribution in [2.24, 2.45) is 7.05 Å². The second kappa shape index (κ2) is 3.58. The summed E-state index contributed by atoms with van der Waals surface area (Å²) in [6.07, 6.45) is 0. The number of carbonyl (C=O) groups is 1.